The molecule has 0 radical (unpaired) electrons. The summed E-state index contributed by atoms with van der Waals surface area (Å²) in [6.45, 7) is -2.74. The highest BCUT2D eigenvalue weighted by Gasteiger charge is 2.11. The summed E-state index contributed by atoms with van der Waals surface area (Å²) >= 11 is 0. The van der Waals surface area contributed by atoms with Gasteiger partial charge in [-0.3, -0.25) is 14.9 Å². The van der Waals surface area contributed by atoms with Gasteiger partial charge in [-0.05, 0) is 23.8 Å². The molecular weight excluding hydrogens is 310 g/mol. The summed E-state index contributed by atoms with van der Waals surface area (Å²) in [5.74, 6) is -0.449. The van der Waals surface area contributed by atoms with Crippen molar-refractivity contribution in [1.29, 1.82) is 0 Å². The maximum atomic E-state index is 12.0. The molecule has 0 fully saturated rings. The van der Waals surface area contributed by atoms with Crippen molar-refractivity contribution in [2.45, 2.75) is 13.2 Å². The van der Waals surface area contributed by atoms with Crippen LogP contribution in [0.2, 0.25) is 0 Å². The van der Waals surface area contributed by atoms with Crippen molar-refractivity contribution in [1.82, 2.24) is 5.32 Å². The van der Waals surface area contributed by atoms with E-state index in [0.717, 1.165) is 0 Å². The zero-order chi connectivity index (χ0) is 16.8. The molecule has 0 aromatic heterocycles. The van der Waals surface area contributed by atoms with Gasteiger partial charge in [0.05, 0.1) is 4.92 Å². The number of hydrogen-bond acceptors (Lipinski definition) is 4. The van der Waals surface area contributed by atoms with E-state index in [1.807, 2.05) is 0 Å². The summed E-state index contributed by atoms with van der Waals surface area (Å²) in [5, 5.41) is 13.3. The highest BCUT2D eigenvalue weighted by molar-refractivity contribution is 5.94. The maximum absolute atomic E-state index is 12.0. The van der Waals surface area contributed by atoms with E-state index in [1.54, 1.807) is 0 Å². The number of carbonyl (C=O) groups excluding carboxylic acids is 1. The van der Waals surface area contributed by atoms with Crippen LogP contribution in [0.3, 0.4) is 0 Å². The van der Waals surface area contributed by atoms with Gasteiger partial charge in [0.1, 0.15) is 5.75 Å². The van der Waals surface area contributed by atoms with Crippen LogP contribution in [-0.4, -0.2) is 17.4 Å². The molecular formula is C15H12F2N2O4. The van der Waals surface area contributed by atoms with Crippen LogP contribution in [0.4, 0.5) is 14.5 Å². The highest BCUT2D eigenvalue weighted by Crippen LogP contribution is 2.15. The smallest absolute Gasteiger partial charge is 0.387 e. The Morgan fingerprint density at radius 1 is 1.22 bits per heavy atom. The molecule has 120 valence electrons. The first-order chi connectivity index (χ1) is 11.0. The fourth-order valence-corrected chi connectivity index (χ4v) is 1.83. The van der Waals surface area contributed by atoms with E-state index in [4.69, 9.17) is 0 Å². The second-order valence-corrected chi connectivity index (χ2v) is 4.51. The van der Waals surface area contributed by atoms with Crippen molar-refractivity contribution in [3.63, 3.8) is 0 Å². The van der Waals surface area contributed by atoms with Crippen molar-refractivity contribution in [2.24, 2.45) is 0 Å². The number of nitro benzene ring substituents is 1. The zero-order valence-electron chi connectivity index (χ0n) is 11.7. The number of non-ortho nitro benzene ring substituents is 1. The molecule has 0 aliphatic rings. The van der Waals surface area contributed by atoms with Gasteiger partial charge in [0.25, 0.3) is 11.6 Å². The minimum absolute atomic E-state index is 0.0220. The molecule has 0 aliphatic heterocycles. The highest BCUT2D eigenvalue weighted by atomic mass is 19.3. The molecule has 2 aromatic rings. The predicted octanol–water partition coefficient (Wildman–Crippen LogP) is 3.13. The van der Waals surface area contributed by atoms with Crippen LogP contribution in [0.5, 0.6) is 5.75 Å². The van der Waals surface area contributed by atoms with Gasteiger partial charge in [-0.2, -0.15) is 8.78 Å². The van der Waals surface area contributed by atoms with E-state index in [0.29, 0.717) is 5.56 Å². The zero-order valence-corrected chi connectivity index (χ0v) is 11.7. The standard InChI is InChI=1S/C15H12F2N2O4/c16-15(17)23-13-6-4-10(5-7-13)9-18-14(20)11-2-1-3-12(8-11)19(21)22/h1-8,15H,9H2,(H,18,20). The Kier molecular flexibility index (Phi) is 5.19. The van der Waals surface area contributed by atoms with Gasteiger partial charge in [-0.1, -0.05) is 18.2 Å². The van der Waals surface area contributed by atoms with E-state index in [-0.39, 0.29) is 23.5 Å². The Bertz CT molecular complexity index is 705. The third-order valence-electron chi connectivity index (χ3n) is 2.92. The SMILES string of the molecule is O=C(NCc1ccc(OC(F)F)cc1)c1cccc([N+](=O)[O-])c1. The molecule has 0 saturated heterocycles. The number of nitrogens with one attached hydrogen (secondary N) is 1. The molecule has 0 bridgehead atoms. The van der Waals surface area contributed by atoms with Crippen molar-refractivity contribution < 1.29 is 23.2 Å². The summed E-state index contributed by atoms with van der Waals surface area (Å²) in [6.07, 6.45) is 0. The molecule has 1 amide bonds. The quantitative estimate of drug-likeness (QED) is 0.654. The van der Waals surface area contributed by atoms with Gasteiger partial charge in [-0.25, -0.2) is 0 Å². The molecule has 2 rings (SSSR count). The lowest BCUT2D eigenvalue weighted by Crippen LogP contribution is -2.22. The number of nitrogens with zero attached hydrogens (tertiary/aromatic N) is 1. The Hall–Kier alpha value is -3.03. The molecule has 23 heavy (non-hydrogen) atoms. The summed E-state index contributed by atoms with van der Waals surface area (Å²) in [4.78, 5) is 22.0. The number of ether oxygens (including phenoxy) is 1. The van der Waals surface area contributed by atoms with Gasteiger partial charge < -0.3 is 10.1 Å². The molecule has 0 heterocycles. The number of benzene rings is 2. The van der Waals surface area contributed by atoms with Crippen LogP contribution < -0.4 is 10.1 Å². The van der Waals surface area contributed by atoms with E-state index in [9.17, 15) is 23.7 Å². The Balaban J connectivity index is 1.96. The van der Waals surface area contributed by atoms with Crippen molar-refractivity contribution >= 4 is 11.6 Å². The second kappa shape index (κ2) is 7.30. The average molecular weight is 322 g/mol. The Morgan fingerprint density at radius 2 is 1.91 bits per heavy atom. The monoisotopic (exact) mass is 322 g/mol. The lowest BCUT2D eigenvalue weighted by molar-refractivity contribution is -0.384. The molecule has 0 spiro atoms. The molecule has 0 saturated carbocycles. The van der Waals surface area contributed by atoms with Crippen molar-refractivity contribution in [3.8, 4) is 5.75 Å². The molecule has 2 aromatic carbocycles. The van der Waals surface area contributed by atoms with Gasteiger partial charge in [-0.15, -0.1) is 0 Å². The summed E-state index contributed by atoms with van der Waals surface area (Å²) in [5.41, 5.74) is 0.661. The topological polar surface area (TPSA) is 81.5 Å². The minimum atomic E-state index is -2.89. The van der Waals surface area contributed by atoms with E-state index in [2.05, 4.69) is 10.1 Å². The first-order valence-corrected chi connectivity index (χ1v) is 6.52. The van der Waals surface area contributed by atoms with Crippen molar-refractivity contribution in [2.75, 3.05) is 0 Å². The van der Waals surface area contributed by atoms with Crippen LogP contribution in [0.25, 0.3) is 0 Å². The minimum Gasteiger partial charge on any atom is -0.435 e. The first-order valence-electron chi connectivity index (χ1n) is 6.52. The lowest BCUT2D eigenvalue weighted by atomic mass is 10.1. The fraction of sp³-hybridized carbons (Fsp3) is 0.133. The maximum Gasteiger partial charge on any atom is 0.387 e. The van der Waals surface area contributed by atoms with Crippen LogP contribution in [0.15, 0.2) is 48.5 Å². The van der Waals surface area contributed by atoms with Crippen LogP contribution in [0.1, 0.15) is 15.9 Å². The number of amides is 1. The second-order valence-electron chi connectivity index (χ2n) is 4.51. The van der Waals surface area contributed by atoms with E-state index < -0.39 is 17.4 Å². The number of hydrogen-bond donors (Lipinski definition) is 1. The van der Waals surface area contributed by atoms with Crippen molar-refractivity contribution in [3.05, 3.63) is 69.8 Å². The molecule has 0 atom stereocenters. The van der Waals surface area contributed by atoms with E-state index >= 15 is 0 Å². The predicted molar refractivity (Wildman–Crippen MR) is 77.3 cm³/mol. The number of carbonyl (C=O) groups is 1. The van der Waals surface area contributed by atoms with Gasteiger partial charge in [0.2, 0.25) is 0 Å². The molecule has 0 aliphatic carbocycles. The molecule has 1 N–H and O–H groups in total. The number of halogens is 2. The Labute approximate surface area is 129 Å². The van der Waals surface area contributed by atoms with Gasteiger partial charge in [0.15, 0.2) is 0 Å². The lowest BCUT2D eigenvalue weighted by Gasteiger charge is -2.07. The largest absolute Gasteiger partial charge is 0.435 e. The number of nitro groups is 1. The molecule has 8 heteroatoms. The summed E-state index contributed by atoms with van der Waals surface area (Å²) in [7, 11) is 0. The summed E-state index contributed by atoms with van der Waals surface area (Å²) in [6, 6.07) is 11.1. The molecule has 0 unspecified atom stereocenters. The third kappa shape index (κ3) is 4.73. The third-order valence-corrected chi connectivity index (χ3v) is 2.92. The number of rotatable bonds is 6. The summed E-state index contributed by atoms with van der Waals surface area (Å²) < 4.78 is 28.3. The first kappa shape index (κ1) is 16.3. The van der Waals surface area contributed by atoms with Gasteiger partial charge >= 0.3 is 6.61 Å². The Morgan fingerprint density at radius 3 is 2.52 bits per heavy atom. The van der Waals surface area contributed by atoms with Crippen LogP contribution in [0, 0.1) is 10.1 Å². The van der Waals surface area contributed by atoms with Crippen LogP contribution >= 0.6 is 0 Å². The van der Waals surface area contributed by atoms with Crippen LogP contribution in [-0.2, 0) is 6.54 Å². The van der Waals surface area contributed by atoms with Gasteiger partial charge in [0, 0.05) is 24.2 Å². The van der Waals surface area contributed by atoms with E-state index in [1.165, 1.54) is 48.5 Å². The molecule has 6 nitrogen and oxygen atoms in total. The fourth-order valence-electron chi connectivity index (χ4n) is 1.83. The number of alkyl halides is 2. The average Bonchev–Trinajstić information content (AvgIpc) is 2.53. The normalized spacial score (nSPS) is 10.4.